The quantitative estimate of drug-likeness (QED) is 0.192. The van der Waals surface area contributed by atoms with Gasteiger partial charge in [-0.25, -0.2) is 9.97 Å². The van der Waals surface area contributed by atoms with E-state index >= 15 is 0 Å². The molecule has 2 aromatic heterocycles. The van der Waals surface area contributed by atoms with Crippen molar-refractivity contribution in [1.29, 1.82) is 0 Å². The zero-order chi connectivity index (χ0) is 24.6. The lowest BCUT2D eigenvalue weighted by Gasteiger charge is -2.15. The van der Waals surface area contributed by atoms with E-state index in [0.717, 1.165) is 57.2 Å². The van der Waals surface area contributed by atoms with Crippen LogP contribution in [0.1, 0.15) is 42.9 Å². The number of H-pyrrole nitrogens is 1. The molecule has 0 bridgehead atoms. The summed E-state index contributed by atoms with van der Waals surface area (Å²) in [5, 5.41) is 15.3. The number of carbonyl (C=O) groups excluding carboxylic acids is 1. The fourth-order valence-corrected chi connectivity index (χ4v) is 4.81. The van der Waals surface area contributed by atoms with Gasteiger partial charge in [-0.15, -0.1) is 10.2 Å². The number of nitrogens with one attached hydrogen (secondary N) is 1. The minimum Gasteiger partial charge on any atom is -0.465 e. The number of aromatic amines is 1. The third-order valence-corrected chi connectivity index (χ3v) is 6.44. The Bertz CT molecular complexity index is 1280. The lowest BCUT2D eigenvalue weighted by Crippen LogP contribution is -2.10. The molecule has 180 valence electrons. The normalized spacial score (nSPS) is 10.9. The first-order valence-electron chi connectivity index (χ1n) is 11.7. The number of aryl methyl sites for hydroxylation is 2. The molecule has 0 radical (unpaired) electrons. The van der Waals surface area contributed by atoms with Gasteiger partial charge in [0.05, 0.1) is 12.4 Å². The maximum Gasteiger partial charge on any atom is 0.316 e. The molecule has 0 saturated heterocycles. The van der Waals surface area contributed by atoms with Crippen molar-refractivity contribution in [3.63, 3.8) is 0 Å². The van der Waals surface area contributed by atoms with Crippen LogP contribution in [-0.4, -0.2) is 48.9 Å². The number of hydrogen-bond acceptors (Lipinski definition) is 8. The van der Waals surface area contributed by atoms with Crippen LogP contribution in [0.2, 0.25) is 0 Å². The fourth-order valence-electron chi connectivity index (χ4n) is 3.91. The van der Waals surface area contributed by atoms with Crippen LogP contribution in [-0.2, 0) is 22.4 Å². The van der Waals surface area contributed by atoms with Crippen molar-refractivity contribution in [2.24, 2.45) is 0 Å². The number of hydrogen-bond donors (Lipinski definition) is 1. The Balaban J connectivity index is 1.62. The maximum absolute atomic E-state index is 12.0. The summed E-state index contributed by atoms with van der Waals surface area (Å²) in [6.45, 7) is 6.22. The monoisotopic (exact) mass is 488 g/mol. The van der Waals surface area contributed by atoms with Crippen LogP contribution in [0.5, 0.6) is 0 Å². The van der Waals surface area contributed by atoms with Crippen LogP contribution >= 0.6 is 11.8 Å². The molecule has 0 atom stereocenters. The van der Waals surface area contributed by atoms with Crippen LogP contribution in [0.4, 0.5) is 0 Å². The predicted molar refractivity (Wildman–Crippen MR) is 136 cm³/mol. The zero-order valence-corrected chi connectivity index (χ0v) is 20.9. The number of aromatic nitrogens is 6. The molecule has 4 aromatic rings. The molecule has 0 unspecified atom stereocenters. The number of esters is 1. The van der Waals surface area contributed by atoms with Gasteiger partial charge in [-0.05, 0) is 42.2 Å². The van der Waals surface area contributed by atoms with Crippen molar-refractivity contribution in [1.82, 2.24) is 30.6 Å². The number of nitrogens with zero attached hydrogens (tertiary/aromatic N) is 5. The topological polar surface area (TPSA) is 107 Å². The lowest BCUT2D eigenvalue weighted by atomic mass is 9.96. The summed E-state index contributed by atoms with van der Waals surface area (Å²) in [5.41, 5.74) is 6.29. The minimum absolute atomic E-state index is 0.231. The summed E-state index contributed by atoms with van der Waals surface area (Å²) in [6.07, 6.45) is 2.53. The predicted octanol–water partition coefficient (Wildman–Crippen LogP) is 4.83. The van der Waals surface area contributed by atoms with E-state index in [1.165, 1.54) is 11.8 Å². The smallest absolute Gasteiger partial charge is 0.316 e. The third kappa shape index (κ3) is 6.10. The van der Waals surface area contributed by atoms with E-state index < -0.39 is 0 Å². The Morgan fingerprint density at radius 1 is 1.03 bits per heavy atom. The molecule has 0 aliphatic carbocycles. The molecule has 0 saturated carbocycles. The Labute approximate surface area is 208 Å². The molecule has 8 nitrogen and oxygen atoms in total. The average Bonchev–Trinajstić information content (AvgIpc) is 3.40. The molecule has 0 aliphatic rings. The first kappa shape index (κ1) is 24.5. The van der Waals surface area contributed by atoms with Gasteiger partial charge in [0.25, 0.3) is 0 Å². The highest BCUT2D eigenvalue weighted by Gasteiger charge is 2.16. The van der Waals surface area contributed by atoms with Gasteiger partial charge in [-0.1, -0.05) is 73.6 Å². The van der Waals surface area contributed by atoms with Crippen LogP contribution < -0.4 is 0 Å². The van der Waals surface area contributed by atoms with Crippen molar-refractivity contribution in [3.8, 4) is 22.5 Å². The molecule has 4 rings (SSSR count). The maximum atomic E-state index is 12.0. The molecule has 0 amide bonds. The van der Waals surface area contributed by atoms with Crippen molar-refractivity contribution in [2.75, 3.05) is 12.4 Å². The first-order chi connectivity index (χ1) is 17.1. The molecular formula is C26H28N6O2S. The fraction of sp³-hybridized carbons (Fsp3) is 0.308. The van der Waals surface area contributed by atoms with Crippen molar-refractivity contribution in [2.45, 2.75) is 45.1 Å². The number of benzene rings is 2. The summed E-state index contributed by atoms with van der Waals surface area (Å²) >= 11 is 1.42. The van der Waals surface area contributed by atoms with Gasteiger partial charge >= 0.3 is 5.97 Å². The highest BCUT2D eigenvalue weighted by molar-refractivity contribution is 7.99. The summed E-state index contributed by atoms with van der Waals surface area (Å²) in [5.74, 6) is 1.28. The van der Waals surface area contributed by atoms with E-state index in [0.29, 0.717) is 18.9 Å². The SMILES string of the molecule is CCCc1nc(C)nc(SCC(=O)OCC)c1Cc1ccc(-c2ccccc2-c2nn[nH]n2)cc1. The first-order valence-corrected chi connectivity index (χ1v) is 12.6. The van der Waals surface area contributed by atoms with E-state index in [2.05, 4.69) is 62.9 Å². The van der Waals surface area contributed by atoms with Gasteiger partial charge in [-0.2, -0.15) is 5.21 Å². The average molecular weight is 489 g/mol. The zero-order valence-electron chi connectivity index (χ0n) is 20.1. The Kier molecular flexibility index (Phi) is 8.20. The van der Waals surface area contributed by atoms with E-state index in [1.807, 2.05) is 32.0 Å². The van der Waals surface area contributed by atoms with E-state index in [9.17, 15) is 4.79 Å². The summed E-state index contributed by atoms with van der Waals surface area (Å²) in [7, 11) is 0. The van der Waals surface area contributed by atoms with Crippen molar-refractivity contribution >= 4 is 17.7 Å². The van der Waals surface area contributed by atoms with Gasteiger partial charge in [0.1, 0.15) is 10.9 Å². The Morgan fingerprint density at radius 3 is 2.49 bits per heavy atom. The largest absolute Gasteiger partial charge is 0.465 e. The van der Waals surface area contributed by atoms with Gasteiger partial charge in [-0.3, -0.25) is 4.79 Å². The van der Waals surface area contributed by atoms with E-state index in [-0.39, 0.29) is 11.7 Å². The van der Waals surface area contributed by atoms with Gasteiger partial charge in [0.15, 0.2) is 0 Å². The van der Waals surface area contributed by atoms with Gasteiger partial charge in [0, 0.05) is 23.2 Å². The summed E-state index contributed by atoms with van der Waals surface area (Å²) < 4.78 is 5.10. The molecule has 35 heavy (non-hydrogen) atoms. The third-order valence-electron chi connectivity index (χ3n) is 5.44. The molecule has 0 aliphatic heterocycles. The number of rotatable bonds is 10. The highest BCUT2D eigenvalue weighted by Crippen LogP contribution is 2.31. The Hall–Kier alpha value is -3.59. The molecule has 2 aromatic carbocycles. The van der Waals surface area contributed by atoms with Gasteiger partial charge < -0.3 is 4.74 Å². The van der Waals surface area contributed by atoms with Crippen LogP contribution in [0.25, 0.3) is 22.5 Å². The molecular weight excluding hydrogens is 460 g/mol. The van der Waals surface area contributed by atoms with Gasteiger partial charge in [0.2, 0.25) is 5.82 Å². The van der Waals surface area contributed by atoms with Crippen molar-refractivity contribution in [3.05, 3.63) is 71.2 Å². The Morgan fingerprint density at radius 2 is 1.80 bits per heavy atom. The number of thioether (sulfide) groups is 1. The summed E-state index contributed by atoms with van der Waals surface area (Å²) in [6, 6.07) is 16.5. The number of tetrazole rings is 1. The lowest BCUT2D eigenvalue weighted by molar-refractivity contribution is -0.139. The van der Waals surface area contributed by atoms with Crippen molar-refractivity contribution < 1.29 is 9.53 Å². The summed E-state index contributed by atoms with van der Waals surface area (Å²) in [4.78, 5) is 21.4. The molecule has 9 heteroatoms. The number of ether oxygens (including phenoxy) is 1. The highest BCUT2D eigenvalue weighted by atomic mass is 32.2. The van der Waals surface area contributed by atoms with Crippen LogP contribution in [0, 0.1) is 6.92 Å². The molecule has 1 N–H and O–H groups in total. The standard InChI is InChI=1S/C26H28N6O2S/c1-4-8-23-22(26(28-17(3)27-23)35-16-24(33)34-5-2)15-18-11-13-19(14-12-18)20-9-6-7-10-21(20)25-29-31-32-30-25/h6-7,9-14H,4-5,8,15-16H2,1-3H3,(H,29,30,31,32). The number of carbonyl (C=O) groups is 1. The van der Waals surface area contributed by atoms with Crippen LogP contribution in [0.15, 0.2) is 53.6 Å². The second kappa shape index (κ2) is 11.7. The molecule has 0 spiro atoms. The van der Waals surface area contributed by atoms with E-state index in [4.69, 9.17) is 9.72 Å². The van der Waals surface area contributed by atoms with Crippen LogP contribution in [0.3, 0.4) is 0 Å². The molecule has 0 fully saturated rings. The molecule has 2 heterocycles. The second-order valence-electron chi connectivity index (χ2n) is 8.00. The van der Waals surface area contributed by atoms with E-state index in [1.54, 1.807) is 0 Å². The minimum atomic E-state index is -0.235. The second-order valence-corrected chi connectivity index (χ2v) is 8.96.